The van der Waals surface area contributed by atoms with Gasteiger partial charge >= 0.3 is 12.0 Å². The van der Waals surface area contributed by atoms with E-state index in [0.29, 0.717) is 11.3 Å². The van der Waals surface area contributed by atoms with E-state index in [9.17, 15) is 18.8 Å². The number of carbonyl (C=O) groups excluding carboxylic acids is 3. The van der Waals surface area contributed by atoms with Gasteiger partial charge in [0.1, 0.15) is 24.6 Å². The molecule has 154 valence electrons. The van der Waals surface area contributed by atoms with Crippen LogP contribution in [0.2, 0.25) is 0 Å². The molecule has 3 atom stereocenters. The van der Waals surface area contributed by atoms with Crippen molar-refractivity contribution in [1.82, 2.24) is 25.0 Å². The van der Waals surface area contributed by atoms with Gasteiger partial charge < -0.3 is 9.64 Å². The van der Waals surface area contributed by atoms with E-state index in [1.54, 1.807) is 19.2 Å². The second kappa shape index (κ2) is 7.08. The highest BCUT2D eigenvalue weighted by molar-refractivity contribution is 6.04. The van der Waals surface area contributed by atoms with Crippen LogP contribution in [0.4, 0.5) is 9.18 Å². The van der Waals surface area contributed by atoms with Crippen molar-refractivity contribution in [2.24, 2.45) is 5.10 Å². The number of rotatable bonds is 3. The number of nitrogens with one attached hydrogen (secondary N) is 1. The van der Waals surface area contributed by atoms with Crippen molar-refractivity contribution in [2.45, 2.75) is 18.5 Å². The first-order valence-corrected chi connectivity index (χ1v) is 9.05. The molecule has 10 nitrogen and oxygen atoms in total. The molecule has 3 amide bonds. The molecular weight excluding hydrogens is 383 g/mol. The van der Waals surface area contributed by atoms with Crippen molar-refractivity contribution in [3.05, 3.63) is 35.6 Å². The van der Waals surface area contributed by atoms with Gasteiger partial charge in [0, 0.05) is 20.6 Å². The molecular formula is C18H21FN6O4. The Bertz CT molecular complexity index is 891. The SMILES string of the molecule is COC(=O)CN1N=C(c2ccc(F)cc2)CN2C3C(=O)N(C)C(=O)N(C)C3NC12. The van der Waals surface area contributed by atoms with Gasteiger partial charge in [0.15, 0.2) is 6.29 Å². The number of fused-ring (bicyclic) bond motifs is 3. The number of methoxy groups -OCH3 is 1. The summed E-state index contributed by atoms with van der Waals surface area (Å²) < 4.78 is 18.1. The predicted molar refractivity (Wildman–Crippen MR) is 98.8 cm³/mol. The Kier molecular flexibility index (Phi) is 4.71. The monoisotopic (exact) mass is 404 g/mol. The number of carbonyl (C=O) groups is 3. The standard InChI is InChI=1S/C18H21FN6O4/c1-22-15-14(16(27)23(2)18(22)28)24-8-12(10-4-6-11(19)7-5-10)21-25(17(24)20-15)9-13(26)29-3/h4-7,14-15,17,20H,8-9H2,1-3H3. The van der Waals surface area contributed by atoms with Crippen molar-refractivity contribution >= 4 is 23.6 Å². The third-order valence-corrected chi connectivity index (χ3v) is 5.44. The molecule has 0 bridgehead atoms. The molecule has 1 N–H and O–H groups in total. The Morgan fingerprint density at radius 2 is 1.97 bits per heavy atom. The third kappa shape index (κ3) is 3.12. The molecule has 11 heteroatoms. The number of imide groups is 1. The highest BCUT2D eigenvalue weighted by Gasteiger charge is 2.56. The molecule has 3 aliphatic rings. The lowest BCUT2D eigenvalue weighted by Gasteiger charge is -2.41. The fourth-order valence-corrected chi connectivity index (χ4v) is 3.89. The predicted octanol–water partition coefficient (Wildman–Crippen LogP) is -0.574. The van der Waals surface area contributed by atoms with E-state index in [4.69, 9.17) is 4.74 Å². The summed E-state index contributed by atoms with van der Waals surface area (Å²) in [7, 11) is 4.33. The van der Waals surface area contributed by atoms with Crippen LogP contribution in [0.5, 0.6) is 0 Å². The molecule has 1 aromatic rings. The lowest BCUT2D eigenvalue weighted by atomic mass is 10.1. The number of ether oxygens (including phenoxy) is 1. The number of likely N-dealkylation sites (N-methyl/N-ethyl adjacent to an activating group) is 2. The molecule has 3 unspecified atom stereocenters. The van der Waals surface area contributed by atoms with Crippen LogP contribution in [0, 0.1) is 5.82 Å². The van der Waals surface area contributed by atoms with E-state index in [1.165, 1.54) is 36.2 Å². The Morgan fingerprint density at radius 3 is 2.62 bits per heavy atom. The first-order chi connectivity index (χ1) is 13.8. The van der Waals surface area contributed by atoms with E-state index >= 15 is 0 Å². The maximum absolute atomic E-state index is 13.3. The fraction of sp³-hybridized carbons (Fsp3) is 0.444. The van der Waals surface area contributed by atoms with Gasteiger partial charge in [-0.3, -0.25) is 24.8 Å². The summed E-state index contributed by atoms with van der Waals surface area (Å²) in [5.74, 6) is -1.22. The molecule has 0 radical (unpaired) electrons. The van der Waals surface area contributed by atoms with Crippen LogP contribution in [0.1, 0.15) is 5.56 Å². The van der Waals surface area contributed by atoms with E-state index in [1.807, 2.05) is 4.90 Å². The van der Waals surface area contributed by atoms with Gasteiger partial charge in [-0.25, -0.2) is 14.1 Å². The van der Waals surface area contributed by atoms with Crippen LogP contribution in [-0.4, -0.2) is 96.1 Å². The summed E-state index contributed by atoms with van der Waals surface area (Å²) >= 11 is 0. The Labute approximate surface area is 166 Å². The minimum Gasteiger partial charge on any atom is -0.468 e. The fourth-order valence-electron chi connectivity index (χ4n) is 3.89. The summed E-state index contributed by atoms with van der Waals surface area (Å²) in [4.78, 5) is 41.5. The van der Waals surface area contributed by atoms with E-state index < -0.39 is 30.5 Å². The molecule has 3 heterocycles. The second-order valence-corrected chi connectivity index (χ2v) is 7.12. The molecule has 2 saturated heterocycles. The Balaban J connectivity index is 1.72. The molecule has 0 aromatic heterocycles. The zero-order valence-electron chi connectivity index (χ0n) is 16.2. The Morgan fingerprint density at radius 1 is 1.28 bits per heavy atom. The second-order valence-electron chi connectivity index (χ2n) is 7.12. The number of esters is 1. The van der Waals surface area contributed by atoms with Crippen LogP contribution >= 0.6 is 0 Å². The summed E-state index contributed by atoms with van der Waals surface area (Å²) in [6, 6.07) is 4.77. The smallest absolute Gasteiger partial charge is 0.327 e. The van der Waals surface area contributed by atoms with Crippen molar-refractivity contribution in [2.75, 3.05) is 34.3 Å². The number of hydrazone groups is 1. The average Bonchev–Trinajstić information content (AvgIpc) is 3.11. The molecule has 3 aliphatic heterocycles. The number of nitrogens with zero attached hydrogens (tertiary/aromatic N) is 5. The van der Waals surface area contributed by atoms with Crippen LogP contribution in [0.25, 0.3) is 0 Å². The summed E-state index contributed by atoms with van der Waals surface area (Å²) in [6.45, 7) is 0.125. The van der Waals surface area contributed by atoms with Gasteiger partial charge in [0.05, 0.1) is 12.8 Å². The summed E-state index contributed by atoms with van der Waals surface area (Å²) in [5, 5.41) is 9.26. The van der Waals surface area contributed by atoms with Crippen LogP contribution in [0.15, 0.2) is 29.4 Å². The molecule has 0 aliphatic carbocycles. The van der Waals surface area contributed by atoms with Crippen molar-refractivity contribution in [1.29, 1.82) is 0 Å². The molecule has 1 aromatic carbocycles. The molecule has 0 saturated carbocycles. The minimum atomic E-state index is -0.654. The zero-order chi connectivity index (χ0) is 20.9. The quantitative estimate of drug-likeness (QED) is 0.674. The summed E-state index contributed by atoms with van der Waals surface area (Å²) in [5.41, 5.74) is 1.24. The first kappa shape index (κ1) is 19.3. The highest BCUT2D eigenvalue weighted by Crippen LogP contribution is 2.30. The van der Waals surface area contributed by atoms with Gasteiger partial charge in [-0.2, -0.15) is 5.10 Å². The van der Waals surface area contributed by atoms with E-state index in [0.717, 1.165) is 4.90 Å². The van der Waals surface area contributed by atoms with Gasteiger partial charge in [0.2, 0.25) is 0 Å². The van der Waals surface area contributed by atoms with Crippen molar-refractivity contribution in [3.63, 3.8) is 0 Å². The van der Waals surface area contributed by atoms with Gasteiger partial charge in [0.25, 0.3) is 5.91 Å². The highest BCUT2D eigenvalue weighted by atomic mass is 19.1. The number of amides is 3. The number of halogens is 1. The normalized spacial score (nSPS) is 27.0. The average molecular weight is 404 g/mol. The van der Waals surface area contributed by atoms with Crippen molar-refractivity contribution in [3.8, 4) is 0 Å². The maximum atomic E-state index is 13.3. The van der Waals surface area contributed by atoms with Crippen molar-refractivity contribution < 1.29 is 23.5 Å². The molecule has 2 fully saturated rings. The van der Waals surface area contributed by atoms with Gasteiger partial charge in [-0.05, 0) is 17.7 Å². The molecule has 0 spiro atoms. The van der Waals surface area contributed by atoms with Gasteiger partial charge in [-0.1, -0.05) is 12.1 Å². The minimum absolute atomic E-state index is 0.156. The lowest BCUT2D eigenvalue weighted by molar-refractivity contribution is -0.144. The van der Waals surface area contributed by atoms with Crippen LogP contribution in [-0.2, 0) is 14.3 Å². The van der Waals surface area contributed by atoms with E-state index in [-0.39, 0.29) is 24.8 Å². The molecule has 4 rings (SSSR count). The summed E-state index contributed by atoms with van der Waals surface area (Å²) in [6.07, 6.45) is -1.15. The number of benzene rings is 1. The largest absolute Gasteiger partial charge is 0.468 e. The van der Waals surface area contributed by atoms with Crippen LogP contribution in [0.3, 0.4) is 0 Å². The molecule has 29 heavy (non-hydrogen) atoms. The first-order valence-electron chi connectivity index (χ1n) is 9.05. The topological polar surface area (TPSA) is 97.8 Å². The maximum Gasteiger partial charge on any atom is 0.327 e. The Hall–Kier alpha value is -3.05. The number of hydrogen-bond acceptors (Lipinski definition) is 8. The number of hydrogen-bond donors (Lipinski definition) is 1. The lowest BCUT2D eigenvalue weighted by Crippen LogP contribution is -2.65. The third-order valence-electron chi connectivity index (χ3n) is 5.44. The zero-order valence-corrected chi connectivity index (χ0v) is 16.2. The van der Waals surface area contributed by atoms with Crippen LogP contribution < -0.4 is 5.32 Å². The van der Waals surface area contributed by atoms with Gasteiger partial charge in [-0.15, -0.1) is 0 Å². The van der Waals surface area contributed by atoms with E-state index in [2.05, 4.69) is 10.4 Å². The number of urea groups is 1.